The quantitative estimate of drug-likeness (QED) is 0.278. The van der Waals surface area contributed by atoms with E-state index in [1.165, 1.54) is 0 Å². The lowest BCUT2D eigenvalue weighted by atomic mass is 10.1. The molecule has 0 spiro atoms. The van der Waals surface area contributed by atoms with E-state index >= 15 is 0 Å². The molecule has 0 bridgehead atoms. The predicted molar refractivity (Wildman–Crippen MR) is 116 cm³/mol. The van der Waals surface area contributed by atoms with E-state index in [2.05, 4.69) is 4.18 Å². The number of nitrogens with zero attached hydrogens (tertiary/aromatic N) is 1. The maximum absolute atomic E-state index is 12.8. The zero-order chi connectivity index (χ0) is 23.0. The number of rotatable bonds is 5. The third-order valence-corrected chi connectivity index (χ3v) is 6.07. The molecule has 3 rings (SSSR count). The summed E-state index contributed by atoms with van der Waals surface area (Å²) in [6.07, 6.45) is 0. The second-order valence-electron chi connectivity index (χ2n) is 6.73. The summed E-state index contributed by atoms with van der Waals surface area (Å²) in [6.45, 7) is 3.81. The van der Waals surface area contributed by atoms with Crippen LogP contribution in [0.1, 0.15) is 11.1 Å². The van der Waals surface area contributed by atoms with E-state index in [0.717, 1.165) is 23.3 Å². The van der Waals surface area contributed by atoms with Crippen LogP contribution < -0.4 is 9.08 Å². The molecule has 0 unspecified atom stereocenters. The Hall–Kier alpha value is -2.42. The summed E-state index contributed by atoms with van der Waals surface area (Å²) in [7, 11) is -5.88. The van der Waals surface area contributed by atoms with Gasteiger partial charge in [0.2, 0.25) is 0 Å². The van der Waals surface area contributed by atoms with E-state index in [-0.39, 0.29) is 15.7 Å². The third-order valence-electron chi connectivity index (χ3n) is 4.30. The topological polar surface area (TPSA) is 46.6 Å². The highest BCUT2D eigenvalue weighted by molar-refractivity contribution is 7.88. The molecule has 0 aliphatic rings. The lowest BCUT2D eigenvalue weighted by molar-refractivity contribution is -0.0500. The maximum Gasteiger partial charge on any atom is 0.534 e. The molecule has 0 aromatic heterocycles. The number of hydrogen-bond acceptors (Lipinski definition) is 4. The Kier molecular flexibility index (Phi) is 6.45. The van der Waals surface area contributed by atoms with Gasteiger partial charge >= 0.3 is 15.6 Å². The lowest BCUT2D eigenvalue weighted by Crippen LogP contribution is -2.28. The molecule has 10 heteroatoms. The van der Waals surface area contributed by atoms with Crippen molar-refractivity contribution in [3.05, 3.63) is 81.8 Å². The van der Waals surface area contributed by atoms with Gasteiger partial charge in [-0.1, -0.05) is 58.6 Å². The summed E-state index contributed by atoms with van der Waals surface area (Å²) in [5, 5.41) is -0.157. The van der Waals surface area contributed by atoms with Gasteiger partial charge in [0, 0.05) is 23.5 Å². The molecule has 31 heavy (non-hydrogen) atoms. The summed E-state index contributed by atoms with van der Waals surface area (Å²) < 4.78 is 65.6. The minimum Gasteiger partial charge on any atom is -0.376 e. The van der Waals surface area contributed by atoms with Crippen molar-refractivity contribution >= 4 is 50.4 Å². The van der Waals surface area contributed by atoms with Gasteiger partial charge in [0.25, 0.3) is 0 Å². The highest BCUT2D eigenvalue weighted by Gasteiger charge is 2.48. The average molecular weight is 490 g/mol. The second-order valence-corrected chi connectivity index (χ2v) is 9.05. The van der Waals surface area contributed by atoms with Crippen molar-refractivity contribution in [1.29, 1.82) is 0 Å². The molecule has 4 nitrogen and oxygen atoms in total. The molecule has 0 saturated carbocycles. The molecule has 0 aliphatic heterocycles. The Bertz CT molecular complexity index is 1150. The first kappa shape index (κ1) is 23.2. The summed E-state index contributed by atoms with van der Waals surface area (Å²) in [4.78, 5) is 1.64. The van der Waals surface area contributed by atoms with Crippen molar-refractivity contribution in [2.24, 2.45) is 0 Å². The van der Waals surface area contributed by atoms with Crippen molar-refractivity contribution < 1.29 is 25.8 Å². The molecule has 0 radical (unpaired) electrons. The Balaban J connectivity index is 2.20. The van der Waals surface area contributed by atoms with Crippen LogP contribution in [-0.4, -0.2) is 13.9 Å². The molecule has 3 aromatic carbocycles. The molecule has 0 heterocycles. The SMILES string of the molecule is Cc1ccc(N(c2ccc(C)cc2)c2cc(OS(=O)(=O)C(F)(F)F)cc(Cl)c2Cl)cc1. The van der Waals surface area contributed by atoms with E-state index in [1.807, 2.05) is 38.1 Å². The Morgan fingerprint density at radius 1 is 0.839 bits per heavy atom. The van der Waals surface area contributed by atoms with Crippen LogP contribution in [0, 0.1) is 13.8 Å². The van der Waals surface area contributed by atoms with Gasteiger partial charge in [0.05, 0.1) is 15.7 Å². The average Bonchev–Trinajstić information content (AvgIpc) is 2.67. The molecule has 0 N–H and O–H groups in total. The fourth-order valence-corrected chi connectivity index (χ4v) is 3.59. The Morgan fingerprint density at radius 2 is 1.29 bits per heavy atom. The molecule has 0 amide bonds. The summed E-state index contributed by atoms with van der Waals surface area (Å²) in [5.41, 5.74) is -2.21. The number of hydrogen-bond donors (Lipinski definition) is 0. The minimum absolute atomic E-state index is 0.0135. The maximum atomic E-state index is 12.8. The monoisotopic (exact) mass is 489 g/mol. The summed E-state index contributed by atoms with van der Waals surface area (Å²) in [5.74, 6) is -0.619. The fourth-order valence-electron chi connectivity index (χ4n) is 2.75. The number of aryl methyl sites for hydroxylation is 2. The number of alkyl halides is 3. The first-order valence-corrected chi connectivity index (χ1v) is 11.0. The van der Waals surface area contributed by atoms with Gasteiger partial charge in [-0.15, -0.1) is 0 Å². The molecule has 0 aliphatic carbocycles. The van der Waals surface area contributed by atoms with Crippen LogP contribution >= 0.6 is 23.2 Å². The van der Waals surface area contributed by atoms with Crippen molar-refractivity contribution in [2.45, 2.75) is 19.4 Å². The smallest absolute Gasteiger partial charge is 0.376 e. The minimum atomic E-state index is -5.88. The predicted octanol–water partition coefficient (Wildman–Crippen LogP) is 7.31. The van der Waals surface area contributed by atoms with Crippen molar-refractivity contribution in [1.82, 2.24) is 0 Å². The number of anilines is 3. The van der Waals surface area contributed by atoms with Crippen LogP contribution in [-0.2, 0) is 10.1 Å². The normalized spacial score (nSPS) is 12.0. The molecule has 0 atom stereocenters. The van der Waals surface area contributed by atoms with Crippen LogP contribution in [0.4, 0.5) is 30.2 Å². The Morgan fingerprint density at radius 3 is 1.71 bits per heavy atom. The van der Waals surface area contributed by atoms with Gasteiger partial charge < -0.3 is 9.08 Å². The molecule has 164 valence electrons. The van der Waals surface area contributed by atoms with Gasteiger partial charge in [0.1, 0.15) is 5.75 Å². The zero-order valence-electron chi connectivity index (χ0n) is 16.2. The number of halogens is 5. The standard InChI is InChI=1S/C21H16Cl2F3NO3S/c1-13-3-7-15(8-4-13)27(16-9-5-14(2)6-10-16)19-12-17(11-18(22)20(19)23)30-31(28,29)21(24,25)26/h3-12H,1-2H3. The van der Waals surface area contributed by atoms with Gasteiger partial charge in [-0.25, -0.2) is 0 Å². The Labute approximate surface area is 187 Å². The first-order chi connectivity index (χ1) is 14.4. The van der Waals surface area contributed by atoms with E-state index in [0.29, 0.717) is 11.4 Å². The van der Waals surface area contributed by atoms with Gasteiger partial charge in [-0.3, -0.25) is 0 Å². The highest BCUT2D eigenvalue weighted by atomic mass is 35.5. The van der Waals surface area contributed by atoms with Gasteiger partial charge in [-0.05, 0) is 38.1 Å². The van der Waals surface area contributed by atoms with Crippen LogP contribution in [0.3, 0.4) is 0 Å². The van der Waals surface area contributed by atoms with Crippen LogP contribution in [0.5, 0.6) is 5.75 Å². The van der Waals surface area contributed by atoms with Crippen molar-refractivity contribution in [2.75, 3.05) is 4.90 Å². The molecule has 3 aromatic rings. The first-order valence-electron chi connectivity index (χ1n) is 8.82. The lowest BCUT2D eigenvalue weighted by Gasteiger charge is -2.27. The third kappa shape index (κ3) is 5.08. The second kappa shape index (κ2) is 8.61. The molecule has 0 fully saturated rings. The van der Waals surface area contributed by atoms with E-state index in [4.69, 9.17) is 23.2 Å². The largest absolute Gasteiger partial charge is 0.534 e. The molecular weight excluding hydrogens is 474 g/mol. The van der Waals surface area contributed by atoms with Crippen molar-refractivity contribution in [3.8, 4) is 5.75 Å². The highest BCUT2D eigenvalue weighted by Crippen LogP contribution is 2.44. The van der Waals surface area contributed by atoms with Gasteiger partial charge in [0.15, 0.2) is 0 Å². The summed E-state index contributed by atoms with van der Waals surface area (Å²) in [6, 6.07) is 16.6. The zero-order valence-corrected chi connectivity index (χ0v) is 18.6. The van der Waals surface area contributed by atoms with E-state index in [1.54, 1.807) is 29.2 Å². The number of benzene rings is 3. The molecule has 0 saturated heterocycles. The van der Waals surface area contributed by atoms with E-state index < -0.39 is 21.4 Å². The molecular formula is C21H16Cl2F3NO3S. The van der Waals surface area contributed by atoms with E-state index in [9.17, 15) is 21.6 Å². The van der Waals surface area contributed by atoms with Crippen LogP contribution in [0.2, 0.25) is 10.0 Å². The van der Waals surface area contributed by atoms with Crippen molar-refractivity contribution in [3.63, 3.8) is 0 Å². The summed E-state index contributed by atoms with van der Waals surface area (Å²) >= 11 is 12.5. The fraction of sp³-hybridized carbons (Fsp3) is 0.143. The van der Waals surface area contributed by atoms with Crippen LogP contribution in [0.25, 0.3) is 0 Å². The van der Waals surface area contributed by atoms with Gasteiger partial charge in [-0.2, -0.15) is 21.6 Å². The van der Waals surface area contributed by atoms with Crippen LogP contribution in [0.15, 0.2) is 60.7 Å².